The van der Waals surface area contributed by atoms with Gasteiger partial charge in [0.25, 0.3) is 0 Å². The minimum atomic E-state index is 0.595. The third-order valence-electron chi connectivity index (χ3n) is 10.9. The van der Waals surface area contributed by atoms with Crippen molar-refractivity contribution in [1.29, 1.82) is 0 Å². The number of furan rings is 1. The van der Waals surface area contributed by atoms with Gasteiger partial charge in [0.05, 0.1) is 0 Å². The quantitative estimate of drug-likeness (QED) is 0.170. The van der Waals surface area contributed by atoms with Crippen molar-refractivity contribution in [2.24, 2.45) is 0 Å². The molecule has 8 aromatic carbocycles. The number of nitrogens with zero attached hydrogens (tertiary/aromatic N) is 3. The molecule has 0 aliphatic carbocycles. The molecular formula is C52H33N3OS. The summed E-state index contributed by atoms with van der Waals surface area (Å²) in [5.74, 6) is 1.83. The normalized spacial score (nSPS) is 11.9. The van der Waals surface area contributed by atoms with Gasteiger partial charge >= 0.3 is 0 Å². The van der Waals surface area contributed by atoms with Crippen LogP contribution in [0.1, 0.15) is 12.5 Å². The lowest BCUT2D eigenvalue weighted by molar-refractivity contribution is 0.669. The Morgan fingerprint density at radius 2 is 1.14 bits per heavy atom. The molecular weight excluding hydrogens is 715 g/mol. The van der Waals surface area contributed by atoms with E-state index in [9.17, 15) is 0 Å². The van der Waals surface area contributed by atoms with Gasteiger partial charge in [-0.2, -0.15) is 0 Å². The highest BCUT2D eigenvalue weighted by molar-refractivity contribution is 7.26. The molecule has 57 heavy (non-hydrogen) atoms. The van der Waals surface area contributed by atoms with E-state index in [-0.39, 0.29) is 0 Å². The maximum absolute atomic E-state index is 6.53. The number of thiophene rings is 1. The average molecular weight is 748 g/mol. The van der Waals surface area contributed by atoms with Crippen molar-refractivity contribution in [1.82, 2.24) is 15.0 Å². The zero-order valence-corrected chi connectivity index (χ0v) is 31.8. The van der Waals surface area contributed by atoms with Crippen molar-refractivity contribution in [3.8, 4) is 56.4 Å². The Labute approximate surface area is 333 Å². The molecule has 0 bridgehead atoms. The van der Waals surface area contributed by atoms with Crippen LogP contribution in [0.4, 0.5) is 0 Å². The lowest BCUT2D eigenvalue weighted by Crippen LogP contribution is -2.00. The summed E-state index contributed by atoms with van der Waals surface area (Å²) in [7, 11) is 0. The van der Waals surface area contributed by atoms with E-state index in [1.54, 1.807) is 0 Å². The Balaban J connectivity index is 1.08. The van der Waals surface area contributed by atoms with Crippen LogP contribution in [-0.2, 0) is 0 Å². The summed E-state index contributed by atoms with van der Waals surface area (Å²) in [4.78, 5) is 15.4. The highest BCUT2D eigenvalue weighted by Crippen LogP contribution is 2.44. The van der Waals surface area contributed by atoms with Crippen LogP contribution in [0.2, 0.25) is 0 Å². The third kappa shape index (κ3) is 5.63. The second kappa shape index (κ2) is 13.5. The number of hydrogen-bond donors (Lipinski definition) is 0. The number of rotatable bonds is 6. The first-order chi connectivity index (χ1) is 28.2. The van der Waals surface area contributed by atoms with Crippen LogP contribution in [0.3, 0.4) is 0 Å². The maximum atomic E-state index is 6.53. The lowest BCUT2D eigenvalue weighted by Gasteiger charge is -2.11. The second-order valence-electron chi connectivity index (χ2n) is 14.3. The summed E-state index contributed by atoms with van der Waals surface area (Å²) in [6.45, 7) is 2.04. The molecule has 0 saturated heterocycles. The standard InChI is InChI=1S/C52H33N3OS/c1-2-12-32-13-6-8-17-38(32)34-23-25-36(26-24-34)51-53-50(35-15-4-3-5-16-35)54-52(55-51)42-20-10-21-45-47(42)43-31-37(28-30-44(43)56-45)39-19-11-22-46-48(39)41-29-27-33-14-7-9-18-40(33)49(41)57-46/h2-31H,1H3/b12-2-. The fourth-order valence-electron chi connectivity index (χ4n) is 8.20. The van der Waals surface area contributed by atoms with Crippen molar-refractivity contribution in [3.05, 3.63) is 181 Å². The summed E-state index contributed by atoms with van der Waals surface area (Å²) < 4.78 is 9.13. The Morgan fingerprint density at radius 1 is 0.456 bits per heavy atom. The molecule has 11 rings (SSSR count). The minimum absolute atomic E-state index is 0.595. The van der Waals surface area contributed by atoms with Crippen LogP contribution in [0.25, 0.3) is 115 Å². The lowest BCUT2D eigenvalue weighted by atomic mass is 9.96. The van der Waals surface area contributed by atoms with E-state index in [1.165, 1.54) is 47.6 Å². The van der Waals surface area contributed by atoms with E-state index in [0.717, 1.165) is 49.8 Å². The predicted octanol–water partition coefficient (Wildman–Crippen LogP) is 14.7. The van der Waals surface area contributed by atoms with Crippen molar-refractivity contribution in [2.75, 3.05) is 0 Å². The molecule has 268 valence electrons. The third-order valence-corrected chi connectivity index (χ3v) is 12.1. The van der Waals surface area contributed by atoms with Crippen molar-refractivity contribution in [3.63, 3.8) is 0 Å². The first-order valence-electron chi connectivity index (χ1n) is 19.1. The van der Waals surface area contributed by atoms with Gasteiger partial charge < -0.3 is 4.42 Å². The van der Waals surface area contributed by atoms with E-state index in [0.29, 0.717) is 17.5 Å². The van der Waals surface area contributed by atoms with Crippen molar-refractivity contribution < 1.29 is 4.42 Å². The van der Waals surface area contributed by atoms with E-state index in [4.69, 9.17) is 19.4 Å². The Kier molecular flexibility index (Phi) is 7.86. The number of fused-ring (bicyclic) bond motifs is 8. The molecule has 0 amide bonds. The number of allylic oxidation sites excluding steroid dienone is 1. The highest BCUT2D eigenvalue weighted by atomic mass is 32.1. The highest BCUT2D eigenvalue weighted by Gasteiger charge is 2.20. The second-order valence-corrected chi connectivity index (χ2v) is 15.3. The summed E-state index contributed by atoms with van der Waals surface area (Å²) in [6.07, 6.45) is 4.21. The van der Waals surface area contributed by atoms with Crippen LogP contribution < -0.4 is 0 Å². The first kappa shape index (κ1) is 33.2. The van der Waals surface area contributed by atoms with Gasteiger partial charge in [-0.1, -0.05) is 158 Å². The largest absolute Gasteiger partial charge is 0.456 e. The fourth-order valence-corrected chi connectivity index (χ4v) is 9.46. The van der Waals surface area contributed by atoms with E-state index in [2.05, 4.69) is 140 Å². The summed E-state index contributed by atoms with van der Waals surface area (Å²) in [6, 6.07) is 59.6. The zero-order chi connectivity index (χ0) is 37.9. The molecule has 0 aliphatic rings. The SMILES string of the molecule is C/C=C\c1ccccc1-c1ccc(-c2nc(-c3ccccc3)nc(-c3cccc4oc5ccc(-c6cccc7sc8c9ccccc9ccc8c67)cc5c34)n2)cc1. The topological polar surface area (TPSA) is 51.8 Å². The molecule has 0 N–H and O–H groups in total. The van der Waals surface area contributed by atoms with Gasteiger partial charge in [0.1, 0.15) is 11.2 Å². The maximum Gasteiger partial charge on any atom is 0.164 e. The smallest absolute Gasteiger partial charge is 0.164 e. The monoisotopic (exact) mass is 747 g/mol. The average Bonchev–Trinajstić information content (AvgIpc) is 3.86. The van der Waals surface area contributed by atoms with E-state index < -0.39 is 0 Å². The predicted molar refractivity (Wildman–Crippen MR) is 239 cm³/mol. The van der Waals surface area contributed by atoms with Gasteiger partial charge in [0.15, 0.2) is 17.5 Å². The van der Waals surface area contributed by atoms with E-state index >= 15 is 0 Å². The van der Waals surface area contributed by atoms with Gasteiger partial charge in [0, 0.05) is 47.6 Å². The number of benzene rings is 8. The van der Waals surface area contributed by atoms with Gasteiger partial charge in [0.2, 0.25) is 0 Å². The van der Waals surface area contributed by atoms with E-state index in [1.807, 2.05) is 60.7 Å². The fraction of sp³-hybridized carbons (Fsp3) is 0.0192. The molecule has 0 fully saturated rings. The van der Waals surface area contributed by atoms with Gasteiger partial charge in [-0.25, -0.2) is 15.0 Å². The van der Waals surface area contributed by atoms with Crippen LogP contribution >= 0.6 is 11.3 Å². The molecule has 5 heteroatoms. The molecule has 0 radical (unpaired) electrons. The zero-order valence-electron chi connectivity index (χ0n) is 31.0. The van der Waals surface area contributed by atoms with Crippen LogP contribution in [0, 0.1) is 0 Å². The summed E-state index contributed by atoms with van der Waals surface area (Å²) in [5.41, 5.74) is 10.2. The molecule has 11 aromatic rings. The molecule has 0 unspecified atom stereocenters. The molecule has 0 saturated carbocycles. The van der Waals surface area contributed by atoms with Crippen LogP contribution in [-0.4, -0.2) is 15.0 Å². The van der Waals surface area contributed by atoms with Crippen LogP contribution in [0.5, 0.6) is 0 Å². The van der Waals surface area contributed by atoms with Gasteiger partial charge in [-0.15, -0.1) is 11.3 Å². The number of hydrogen-bond acceptors (Lipinski definition) is 5. The molecule has 4 nitrogen and oxygen atoms in total. The Morgan fingerprint density at radius 3 is 2.00 bits per heavy atom. The Hall–Kier alpha value is -7.21. The molecule has 3 aromatic heterocycles. The Bertz CT molecular complexity index is 3360. The number of aromatic nitrogens is 3. The van der Waals surface area contributed by atoms with Gasteiger partial charge in [-0.05, 0) is 69.8 Å². The molecule has 0 atom stereocenters. The first-order valence-corrected chi connectivity index (χ1v) is 19.9. The van der Waals surface area contributed by atoms with Crippen LogP contribution in [0.15, 0.2) is 180 Å². The minimum Gasteiger partial charge on any atom is -0.456 e. The van der Waals surface area contributed by atoms with Crippen molar-refractivity contribution in [2.45, 2.75) is 6.92 Å². The molecule has 0 spiro atoms. The van der Waals surface area contributed by atoms with Gasteiger partial charge in [-0.3, -0.25) is 0 Å². The molecule has 0 aliphatic heterocycles. The summed E-state index contributed by atoms with van der Waals surface area (Å²) in [5, 5.41) is 7.11. The summed E-state index contributed by atoms with van der Waals surface area (Å²) >= 11 is 1.86. The van der Waals surface area contributed by atoms with Crippen molar-refractivity contribution >= 4 is 70.3 Å². The molecule has 3 heterocycles.